The van der Waals surface area contributed by atoms with E-state index in [2.05, 4.69) is 15.3 Å². The molecule has 18 heavy (non-hydrogen) atoms. The molecule has 0 fully saturated rings. The zero-order chi connectivity index (χ0) is 13.8. The van der Waals surface area contributed by atoms with Gasteiger partial charge in [-0.15, -0.1) is 0 Å². The van der Waals surface area contributed by atoms with Crippen molar-refractivity contribution in [2.45, 2.75) is 13.3 Å². The zero-order valence-electron chi connectivity index (χ0n) is 10.8. The van der Waals surface area contributed by atoms with Crippen molar-refractivity contribution >= 4 is 21.7 Å². The minimum absolute atomic E-state index is 0.00701. The molecule has 1 heterocycles. The molecular formula is C10H19N5O2S. The highest BCUT2D eigenvalue weighted by Gasteiger charge is 2.13. The van der Waals surface area contributed by atoms with Gasteiger partial charge in [-0.05, 0) is 6.42 Å². The van der Waals surface area contributed by atoms with Crippen LogP contribution in [0.1, 0.15) is 12.5 Å². The summed E-state index contributed by atoms with van der Waals surface area (Å²) in [5.74, 6) is 1.02. The van der Waals surface area contributed by atoms with Crippen molar-refractivity contribution in [3.05, 3.63) is 11.9 Å². The Morgan fingerprint density at radius 2 is 2.06 bits per heavy atom. The maximum Gasteiger partial charge on any atom is 0.215 e. The molecule has 0 aliphatic rings. The van der Waals surface area contributed by atoms with Gasteiger partial charge in [0, 0.05) is 26.2 Å². The number of nitrogens with one attached hydrogen (secondary N) is 1. The molecule has 1 rings (SSSR count). The maximum absolute atomic E-state index is 11.6. The lowest BCUT2D eigenvalue weighted by molar-refractivity contribution is 0.521. The lowest BCUT2D eigenvalue weighted by Gasteiger charge is -2.13. The van der Waals surface area contributed by atoms with Crippen molar-refractivity contribution in [1.29, 1.82) is 0 Å². The van der Waals surface area contributed by atoms with Crippen LogP contribution in [0.2, 0.25) is 0 Å². The van der Waals surface area contributed by atoms with Gasteiger partial charge in [0.2, 0.25) is 10.0 Å². The molecule has 0 saturated carbocycles. The number of nitrogens with two attached hydrogens (primary N) is 1. The number of aromatic nitrogens is 2. The Labute approximate surface area is 107 Å². The average molecular weight is 273 g/mol. The van der Waals surface area contributed by atoms with Crippen molar-refractivity contribution in [1.82, 2.24) is 14.3 Å². The molecule has 0 aliphatic heterocycles. The van der Waals surface area contributed by atoms with Crippen LogP contribution in [0, 0.1) is 0 Å². The van der Waals surface area contributed by atoms with Crippen LogP contribution in [-0.4, -0.2) is 49.1 Å². The molecule has 0 unspecified atom stereocenters. The first kappa shape index (κ1) is 14.7. The van der Waals surface area contributed by atoms with Gasteiger partial charge in [0.25, 0.3) is 0 Å². The molecule has 0 aliphatic carbocycles. The summed E-state index contributed by atoms with van der Waals surface area (Å²) in [5, 5.41) is 2.98. The van der Waals surface area contributed by atoms with E-state index in [-0.39, 0.29) is 12.3 Å². The van der Waals surface area contributed by atoms with Crippen molar-refractivity contribution in [3.63, 3.8) is 0 Å². The second kappa shape index (κ2) is 5.96. The van der Waals surface area contributed by atoms with E-state index in [0.29, 0.717) is 18.1 Å². The predicted octanol–water partition coefficient (Wildman–Crippen LogP) is -0.0755. The number of nitrogens with zero attached hydrogens (tertiary/aromatic N) is 3. The molecule has 0 radical (unpaired) electrons. The van der Waals surface area contributed by atoms with Crippen LogP contribution in [0.5, 0.6) is 0 Å². The molecule has 0 amide bonds. The maximum atomic E-state index is 11.6. The molecular weight excluding hydrogens is 254 g/mol. The molecule has 0 spiro atoms. The first-order valence-corrected chi connectivity index (χ1v) is 7.22. The van der Waals surface area contributed by atoms with Crippen LogP contribution in [0.15, 0.2) is 6.33 Å². The summed E-state index contributed by atoms with van der Waals surface area (Å²) in [7, 11) is -0.183. The van der Waals surface area contributed by atoms with E-state index in [9.17, 15) is 8.42 Å². The summed E-state index contributed by atoms with van der Waals surface area (Å²) >= 11 is 0. The third-order valence-electron chi connectivity index (χ3n) is 2.54. The number of rotatable bonds is 6. The van der Waals surface area contributed by atoms with E-state index in [0.717, 1.165) is 5.56 Å². The van der Waals surface area contributed by atoms with Crippen LogP contribution in [0.3, 0.4) is 0 Å². The molecule has 1 aromatic rings. The topological polar surface area (TPSA) is 101 Å². The summed E-state index contributed by atoms with van der Waals surface area (Å²) in [6, 6.07) is 0. The molecule has 0 aromatic carbocycles. The molecule has 0 saturated heterocycles. The van der Waals surface area contributed by atoms with Gasteiger partial charge in [-0.1, -0.05) is 6.92 Å². The molecule has 7 nitrogen and oxygen atoms in total. The smallest absolute Gasteiger partial charge is 0.215 e. The van der Waals surface area contributed by atoms with Gasteiger partial charge in [0.1, 0.15) is 18.0 Å². The van der Waals surface area contributed by atoms with Gasteiger partial charge in [-0.25, -0.2) is 22.7 Å². The molecule has 3 N–H and O–H groups in total. The van der Waals surface area contributed by atoms with Gasteiger partial charge in [-0.3, -0.25) is 0 Å². The Kier molecular flexibility index (Phi) is 4.85. The summed E-state index contributed by atoms with van der Waals surface area (Å²) < 4.78 is 24.3. The number of hydrogen-bond donors (Lipinski definition) is 2. The molecule has 0 atom stereocenters. The number of anilines is 2. The highest BCUT2D eigenvalue weighted by Crippen LogP contribution is 2.17. The fraction of sp³-hybridized carbons (Fsp3) is 0.600. The zero-order valence-corrected chi connectivity index (χ0v) is 11.7. The van der Waals surface area contributed by atoms with E-state index in [1.807, 2.05) is 6.92 Å². The van der Waals surface area contributed by atoms with Crippen molar-refractivity contribution in [2.75, 3.05) is 37.4 Å². The lowest BCUT2D eigenvalue weighted by Crippen LogP contribution is -2.28. The minimum atomic E-state index is -3.20. The van der Waals surface area contributed by atoms with E-state index in [1.54, 1.807) is 0 Å². The molecule has 102 valence electrons. The fourth-order valence-corrected chi connectivity index (χ4v) is 2.13. The average Bonchev–Trinajstić information content (AvgIpc) is 2.29. The minimum Gasteiger partial charge on any atom is -0.383 e. The van der Waals surface area contributed by atoms with E-state index < -0.39 is 10.0 Å². The normalized spacial score (nSPS) is 11.8. The van der Waals surface area contributed by atoms with Gasteiger partial charge in [0.15, 0.2) is 0 Å². The van der Waals surface area contributed by atoms with Gasteiger partial charge < -0.3 is 11.1 Å². The number of nitrogen functional groups attached to an aromatic ring is 1. The monoisotopic (exact) mass is 273 g/mol. The van der Waals surface area contributed by atoms with Crippen LogP contribution < -0.4 is 11.1 Å². The first-order chi connectivity index (χ1) is 8.38. The van der Waals surface area contributed by atoms with Crippen molar-refractivity contribution < 1.29 is 8.42 Å². The van der Waals surface area contributed by atoms with Crippen LogP contribution in [-0.2, 0) is 16.4 Å². The predicted molar refractivity (Wildman–Crippen MR) is 71.8 cm³/mol. The summed E-state index contributed by atoms with van der Waals surface area (Å²) in [4.78, 5) is 7.96. The Bertz CT molecular complexity index is 501. The Hall–Kier alpha value is -1.41. The summed E-state index contributed by atoms with van der Waals surface area (Å²) in [5.41, 5.74) is 6.53. The van der Waals surface area contributed by atoms with Gasteiger partial charge in [0.05, 0.1) is 5.75 Å². The van der Waals surface area contributed by atoms with Crippen molar-refractivity contribution in [2.24, 2.45) is 0 Å². The highest BCUT2D eigenvalue weighted by atomic mass is 32.2. The highest BCUT2D eigenvalue weighted by molar-refractivity contribution is 7.89. The number of hydrogen-bond acceptors (Lipinski definition) is 6. The third-order valence-corrected chi connectivity index (χ3v) is 4.37. The Balaban J connectivity index is 2.68. The Morgan fingerprint density at radius 1 is 1.39 bits per heavy atom. The Morgan fingerprint density at radius 3 is 2.61 bits per heavy atom. The SMILES string of the molecule is CCc1c(N)ncnc1NCCS(=O)(=O)N(C)C. The largest absolute Gasteiger partial charge is 0.383 e. The van der Waals surface area contributed by atoms with E-state index in [1.165, 1.54) is 24.7 Å². The van der Waals surface area contributed by atoms with Gasteiger partial charge >= 0.3 is 0 Å². The quantitative estimate of drug-likeness (QED) is 0.752. The standard InChI is InChI=1S/C10H19N5O2S/c1-4-8-9(11)13-7-14-10(8)12-5-6-18(16,17)15(2)3/h7H,4-6H2,1-3H3,(H3,11,12,13,14). The number of sulfonamides is 1. The van der Waals surface area contributed by atoms with Gasteiger partial charge in [-0.2, -0.15) is 0 Å². The first-order valence-electron chi connectivity index (χ1n) is 5.62. The van der Waals surface area contributed by atoms with E-state index in [4.69, 9.17) is 5.73 Å². The van der Waals surface area contributed by atoms with Crippen LogP contribution >= 0.6 is 0 Å². The summed E-state index contributed by atoms with van der Waals surface area (Å²) in [6.45, 7) is 2.22. The second-order valence-electron chi connectivity index (χ2n) is 3.96. The third kappa shape index (κ3) is 3.54. The lowest BCUT2D eigenvalue weighted by atomic mass is 10.2. The second-order valence-corrected chi connectivity index (χ2v) is 6.27. The van der Waals surface area contributed by atoms with Crippen molar-refractivity contribution in [3.8, 4) is 0 Å². The molecule has 8 heteroatoms. The fourth-order valence-electron chi connectivity index (χ4n) is 1.41. The molecule has 0 bridgehead atoms. The van der Waals surface area contributed by atoms with E-state index >= 15 is 0 Å². The van der Waals surface area contributed by atoms with Crippen LogP contribution in [0.4, 0.5) is 11.6 Å². The van der Waals surface area contributed by atoms with Crippen LogP contribution in [0.25, 0.3) is 0 Å². The summed E-state index contributed by atoms with van der Waals surface area (Å²) in [6.07, 6.45) is 2.05. The molecule has 1 aromatic heterocycles.